The predicted molar refractivity (Wildman–Crippen MR) is 97.5 cm³/mol. The summed E-state index contributed by atoms with van der Waals surface area (Å²) in [5, 5.41) is 11.6. The van der Waals surface area contributed by atoms with Gasteiger partial charge in [-0.05, 0) is 31.9 Å². The predicted octanol–water partition coefficient (Wildman–Crippen LogP) is 3.61. The normalized spacial score (nSPS) is 10.8. The molecule has 3 aromatic rings. The fraction of sp³-hybridized carbons (Fsp3) is 0.368. The fourth-order valence-electron chi connectivity index (χ4n) is 2.57. The summed E-state index contributed by atoms with van der Waals surface area (Å²) in [6, 6.07) is 8.14. The van der Waals surface area contributed by atoms with Crippen LogP contribution < -0.4 is 5.32 Å². The highest BCUT2D eigenvalue weighted by Crippen LogP contribution is 2.19. The SMILES string of the molecule is CCc1nnc(NCCc2coc(-c3ccc(C)cc3)n2)nc1CC. The Labute approximate surface area is 147 Å². The van der Waals surface area contributed by atoms with Crippen LogP contribution in [0.1, 0.15) is 36.5 Å². The molecule has 0 radical (unpaired) electrons. The minimum atomic E-state index is 0.566. The van der Waals surface area contributed by atoms with Crippen LogP contribution in [0.25, 0.3) is 11.5 Å². The summed E-state index contributed by atoms with van der Waals surface area (Å²) < 4.78 is 5.58. The van der Waals surface area contributed by atoms with E-state index in [1.54, 1.807) is 6.26 Å². The van der Waals surface area contributed by atoms with Gasteiger partial charge in [0.05, 0.1) is 17.1 Å². The van der Waals surface area contributed by atoms with Crippen LogP contribution in [-0.4, -0.2) is 26.7 Å². The van der Waals surface area contributed by atoms with Crippen molar-refractivity contribution in [1.82, 2.24) is 20.2 Å². The zero-order valence-electron chi connectivity index (χ0n) is 14.9. The van der Waals surface area contributed by atoms with Gasteiger partial charge >= 0.3 is 0 Å². The van der Waals surface area contributed by atoms with Crippen LogP contribution in [-0.2, 0) is 19.3 Å². The second kappa shape index (κ2) is 7.88. The number of hydrogen-bond donors (Lipinski definition) is 1. The molecular formula is C19H23N5O. The van der Waals surface area contributed by atoms with Gasteiger partial charge in [-0.15, -0.1) is 5.10 Å². The molecule has 0 saturated heterocycles. The van der Waals surface area contributed by atoms with Gasteiger partial charge in [0.25, 0.3) is 0 Å². The Morgan fingerprint density at radius 3 is 2.44 bits per heavy atom. The summed E-state index contributed by atoms with van der Waals surface area (Å²) in [4.78, 5) is 9.07. The Kier molecular flexibility index (Phi) is 5.38. The molecule has 1 aromatic carbocycles. The van der Waals surface area contributed by atoms with Crippen molar-refractivity contribution in [1.29, 1.82) is 0 Å². The molecule has 0 bridgehead atoms. The summed E-state index contributed by atoms with van der Waals surface area (Å²) in [6.07, 6.45) is 4.14. The van der Waals surface area contributed by atoms with Gasteiger partial charge < -0.3 is 9.73 Å². The Hall–Kier alpha value is -2.76. The molecule has 25 heavy (non-hydrogen) atoms. The highest BCUT2D eigenvalue weighted by molar-refractivity contribution is 5.53. The van der Waals surface area contributed by atoms with Crippen LogP contribution in [0, 0.1) is 6.92 Å². The summed E-state index contributed by atoms with van der Waals surface area (Å²) in [5.41, 5.74) is 5.07. The van der Waals surface area contributed by atoms with E-state index < -0.39 is 0 Å². The van der Waals surface area contributed by atoms with Crippen molar-refractivity contribution in [2.24, 2.45) is 0 Å². The van der Waals surface area contributed by atoms with Gasteiger partial charge in [0.1, 0.15) is 6.26 Å². The number of nitrogens with zero attached hydrogens (tertiary/aromatic N) is 4. The number of aryl methyl sites for hydroxylation is 3. The first kappa shape index (κ1) is 17.1. The molecule has 1 N–H and O–H groups in total. The van der Waals surface area contributed by atoms with Gasteiger partial charge in [-0.2, -0.15) is 5.10 Å². The Morgan fingerprint density at radius 2 is 1.72 bits per heavy atom. The lowest BCUT2D eigenvalue weighted by atomic mass is 10.1. The first-order valence-corrected chi connectivity index (χ1v) is 8.67. The van der Waals surface area contributed by atoms with E-state index in [0.29, 0.717) is 18.4 Å². The van der Waals surface area contributed by atoms with Gasteiger partial charge in [-0.1, -0.05) is 31.5 Å². The molecule has 0 aliphatic heterocycles. The van der Waals surface area contributed by atoms with E-state index in [4.69, 9.17) is 4.42 Å². The maximum absolute atomic E-state index is 5.58. The summed E-state index contributed by atoms with van der Waals surface area (Å²) >= 11 is 0. The monoisotopic (exact) mass is 337 g/mol. The van der Waals surface area contributed by atoms with Crippen LogP contribution in [0.4, 0.5) is 5.95 Å². The minimum absolute atomic E-state index is 0.566. The highest BCUT2D eigenvalue weighted by atomic mass is 16.3. The fourth-order valence-corrected chi connectivity index (χ4v) is 2.57. The molecule has 0 aliphatic carbocycles. The molecule has 6 nitrogen and oxygen atoms in total. The Bertz CT molecular complexity index is 826. The summed E-state index contributed by atoms with van der Waals surface area (Å²) in [6.45, 7) is 6.88. The number of anilines is 1. The quantitative estimate of drug-likeness (QED) is 0.709. The van der Waals surface area contributed by atoms with Gasteiger partial charge in [0, 0.05) is 18.5 Å². The smallest absolute Gasteiger partial charge is 0.242 e. The molecule has 0 amide bonds. The lowest BCUT2D eigenvalue weighted by Gasteiger charge is -2.06. The van der Waals surface area contributed by atoms with E-state index in [1.165, 1.54) is 5.56 Å². The molecule has 0 fully saturated rings. The maximum atomic E-state index is 5.58. The third-order valence-corrected chi connectivity index (χ3v) is 4.02. The van der Waals surface area contributed by atoms with E-state index in [-0.39, 0.29) is 0 Å². The Balaban J connectivity index is 1.58. The Morgan fingerprint density at radius 1 is 0.960 bits per heavy atom. The van der Waals surface area contributed by atoms with Gasteiger partial charge in [0.15, 0.2) is 0 Å². The van der Waals surface area contributed by atoms with Gasteiger partial charge in [-0.25, -0.2) is 9.97 Å². The number of hydrogen-bond acceptors (Lipinski definition) is 6. The first-order chi connectivity index (χ1) is 12.2. The van der Waals surface area contributed by atoms with Crippen molar-refractivity contribution in [2.45, 2.75) is 40.0 Å². The van der Waals surface area contributed by atoms with Gasteiger partial charge in [-0.3, -0.25) is 0 Å². The maximum Gasteiger partial charge on any atom is 0.242 e. The zero-order valence-corrected chi connectivity index (χ0v) is 14.9. The third-order valence-electron chi connectivity index (χ3n) is 4.02. The van der Waals surface area contributed by atoms with Crippen LogP contribution in [0.3, 0.4) is 0 Å². The number of nitrogens with one attached hydrogen (secondary N) is 1. The molecular weight excluding hydrogens is 314 g/mol. The van der Waals surface area contributed by atoms with Crippen molar-refractivity contribution in [3.63, 3.8) is 0 Å². The lowest BCUT2D eigenvalue weighted by molar-refractivity contribution is 0.572. The van der Waals surface area contributed by atoms with Crippen LogP contribution in [0.5, 0.6) is 0 Å². The summed E-state index contributed by atoms with van der Waals surface area (Å²) in [7, 11) is 0. The largest absolute Gasteiger partial charge is 0.444 e. The number of aromatic nitrogens is 4. The lowest BCUT2D eigenvalue weighted by Crippen LogP contribution is -2.12. The van der Waals surface area contributed by atoms with E-state index in [1.807, 2.05) is 12.1 Å². The van der Waals surface area contributed by atoms with Gasteiger partial charge in [0.2, 0.25) is 11.8 Å². The molecule has 0 saturated carbocycles. The van der Waals surface area contributed by atoms with Crippen LogP contribution in [0.15, 0.2) is 34.9 Å². The molecule has 6 heteroatoms. The van der Waals surface area contributed by atoms with Crippen molar-refractivity contribution in [2.75, 3.05) is 11.9 Å². The van der Waals surface area contributed by atoms with Crippen molar-refractivity contribution in [3.05, 3.63) is 53.2 Å². The molecule has 0 unspecified atom stereocenters. The third kappa shape index (κ3) is 4.21. The first-order valence-electron chi connectivity index (χ1n) is 8.67. The second-order valence-corrected chi connectivity index (χ2v) is 5.92. The topological polar surface area (TPSA) is 76.7 Å². The summed E-state index contributed by atoms with van der Waals surface area (Å²) in [5.74, 6) is 1.21. The minimum Gasteiger partial charge on any atom is -0.444 e. The molecule has 2 aromatic heterocycles. The van der Waals surface area contributed by atoms with Crippen molar-refractivity contribution in [3.8, 4) is 11.5 Å². The zero-order chi connectivity index (χ0) is 17.6. The number of benzene rings is 1. The molecule has 2 heterocycles. The van der Waals surface area contributed by atoms with E-state index in [9.17, 15) is 0 Å². The van der Waals surface area contributed by atoms with Crippen molar-refractivity contribution >= 4 is 5.95 Å². The molecule has 0 spiro atoms. The average molecular weight is 337 g/mol. The van der Waals surface area contributed by atoms with Crippen LogP contribution >= 0.6 is 0 Å². The molecule has 130 valence electrons. The molecule has 0 atom stereocenters. The number of oxazole rings is 1. The van der Waals surface area contributed by atoms with Crippen LogP contribution in [0.2, 0.25) is 0 Å². The van der Waals surface area contributed by atoms with E-state index in [2.05, 4.69) is 58.4 Å². The number of rotatable bonds is 7. The van der Waals surface area contributed by atoms with E-state index >= 15 is 0 Å². The standard InChI is InChI=1S/C19H23N5O/c1-4-16-17(5-2)23-24-19(22-16)20-11-10-15-12-25-18(21-15)14-8-6-13(3)7-9-14/h6-9,12H,4-5,10-11H2,1-3H3,(H,20,22,24). The molecule has 0 aliphatic rings. The second-order valence-electron chi connectivity index (χ2n) is 5.92. The average Bonchev–Trinajstić information content (AvgIpc) is 3.11. The molecule has 3 rings (SSSR count). The highest BCUT2D eigenvalue weighted by Gasteiger charge is 2.08. The van der Waals surface area contributed by atoms with Crippen molar-refractivity contribution < 1.29 is 4.42 Å². The van der Waals surface area contributed by atoms with E-state index in [0.717, 1.165) is 41.9 Å².